The molecule has 160 valence electrons. The fourth-order valence-electron chi connectivity index (χ4n) is 4.50. The lowest BCUT2D eigenvalue weighted by atomic mass is 9.87. The van der Waals surface area contributed by atoms with Crippen molar-refractivity contribution in [3.05, 3.63) is 59.2 Å². The molecule has 0 unspecified atom stereocenters. The van der Waals surface area contributed by atoms with Gasteiger partial charge in [-0.2, -0.15) is 0 Å². The van der Waals surface area contributed by atoms with Gasteiger partial charge in [0.15, 0.2) is 0 Å². The van der Waals surface area contributed by atoms with Crippen molar-refractivity contribution in [3.63, 3.8) is 0 Å². The van der Waals surface area contributed by atoms with Gasteiger partial charge in [-0.25, -0.2) is 13.1 Å². The Morgan fingerprint density at radius 1 is 1.03 bits per heavy atom. The minimum absolute atomic E-state index is 0.00796. The van der Waals surface area contributed by atoms with Crippen LogP contribution in [0.1, 0.15) is 66.1 Å². The van der Waals surface area contributed by atoms with E-state index in [4.69, 9.17) is 4.74 Å². The summed E-state index contributed by atoms with van der Waals surface area (Å²) < 4.78 is 34.0. The maximum Gasteiger partial charge on any atom is 0.251 e. The van der Waals surface area contributed by atoms with E-state index in [1.807, 2.05) is 12.1 Å². The molecular weight excluding hydrogens is 400 g/mol. The highest BCUT2D eigenvalue weighted by molar-refractivity contribution is 7.89. The summed E-state index contributed by atoms with van der Waals surface area (Å²) in [4.78, 5) is 13.0. The van der Waals surface area contributed by atoms with Gasteiger partial charge in [0, 0.05) is 11.6 Å². The number of rotatable bonds is 6. The Balaban J connectivity index is 1.57. The number of ether oxygens (including phenoxy) is 1. The number of carbonyl (C=O) groups excluding carboxylic acids is 1. The van der Waals surface area contributed by atoms with Crippen LogP contribution in [0.25, 0.3) is 0 Å². The molecule has 0 heterocycles. The van der Waals surface area contributed by atoms with Crippen LogP contribution in [0.3, 0.4) is 0 Å². The van der Waals surface area contributed by atoms with E-state index in [9.17, 15) is 13.2 Å². The second kappa shape index (κ2) is 8.78. The Hall–Kier alpha value is -2.38. The molecule has 0 aliphatic heterocycles. The first-order valence-electron chi connectivity index (χ1n) is 10.6. The summed E-state index contributed by atoms with van der Waals surface area (Å²) in [5.74, 6) is -0.0447. The zero-order valence-corrected chi connectivity index (χ0v) is 18.0. The van der Waals surface area contributed by atoms with E-state index in [-0.39, 0.29) is 28.6 Å². The largest absolute Gasteiger partial charge is 0.495 e. The number of hydrogen-bond acceptors (Lipinski definition) is 4. The fraction of sp³-hybridized carbons (Fsp3) is 0.435. The molecule has 1 atom stereocenters. The van der Waals surface area contributed by atoms with Crippen molar-refractivity contribution in [2.45, 2.75) is 61.9 Å². The number of benzene rings is 2. The molecule has 2 N–H and O–H groups in total. The first kappa shape index (κ1) is 20.9. The van der Waals surface area contributed by atoms with Crippen molar-refractivity contribution in [2.24, 2.45) is 0 Å². The molecule has 0 radical (unpaired) electrons. The first-order chi connectivity index (χ1) is 14.5. The Bertz CT molecular complexity index is 1030. The van der Waals surface area contributed by atoms with Gasteiger partial charge in [-0.05, 0) is 61.4 Å². The quantitative estimate of drug-likeness (QED) is 0.734. The van der Waals surface area contributed by atoms with Crippen LogP contribution in [-0.4, -0.2) is 27.5 Å². The first-order valence-corrected chi connectivity index (χ1v) is 12.1. The normalized spacial score (nSPS) is 19.3. The van der Waals surface area contributed by atoms with E-state index in [0.29, 0.717) is 5.56 Å². The van der Waals surface area contributed by atoms with Crippen molar-refractivity contribution in [2.75, 3.05) is 7.11 Å². The molecule has 4 rings (SSSR count). The average Bonchev–Trinajstić information content (AvgIpc) is 3.26. The Morgan fingerprint density at radius 2 is 1.80 bits per heavy atom. The lowest BCUT2D eigenvalue weighted by molar-refractivity contribution is 0.0932. The number of methoxy groups -OCH3 is 1. The van der Waals surface area contributed by atoms with Crippen molar-refractivity contribution >= 4 is 15.9 Å². The summed E-state index contributed by atoms with van der Waals surface area (Å²) in [6, 6.07) is 12.6. The van der Waals surface area contributed by atoms with Crippen LogP contribution in [0.15, 0.2) is 47.4 Å². The summed E-state index contributed by atoms with van der Waals surface area (Å²) in [6.07, 6.45) is 6.61. The highest BCUT2D eigenvalue weighted by Gasteiger charge is 2.27. The molecular formula is C23H28N2O4S. The van der Waals surface area contributed by atoms with Gasteiger partial charge in [-0.1, -0.05) is 37.1 Å². The van der Waals surface area contributed by atoms with E-state index in [2.05, 4.69) is 22.2 Å². The zero-order valence-electron chi connectivity index (χ0n) is 17.2. The molecule has 0 bridgehead atoms. The van der Waals surface area contributed by atoms with Crippen LogP contribution in [0, 0.1) is 0 Å². The summed E-state index contributed by atoms with van der Waals surface area (Å²) in [7, 11) is -2.35. The van der Waals surface area contributed by atoms with Crippen LogP contribution < -0.4 is 14.8 Å². The van der Waals surface area contributed by atoms with E-state index < -0.39 is 10.0 Å². The minimum Gasteiger partial charge on any atom is -0.495 e. The number of hydrogen-bond donors (Lipinski definition) is 2. The molecule has 2 aliphatic carbocycles. The molecule has 2 aromatic carbocycles. The summed E-state index contributed by atoms with van der Waals surface area (Å²) in [5, 5.41) is 3.09. The number of carbonyl (C=O) groups is 1. The van der Waals surface area contributed by atoms with E-state index in [1.54, 1.807) is 12.1 Å². The van der Waals surface area contributed by atoms with E-state index in [0.717, 1.165) is 50.5 Å². The Kier molecular flexibility index (Phi) is 6.11. The van der Waals surface area contributed by atoms with Crippen molar-refractivity contribution < 1.29 is 17.9 Å². The number of amides is 1. The molecule has 2 aromatic rings. The van der Waals surface area contributed by atoms with E-state index in [1.165, 1.54) is 18.7 Å². The van der Waals surface area contributed by atoms with Gasteiger partial charge >= 0.3 is 0 Å². The van der Waals surface area contributed by atoms with Gasteiger partial charge in [0.2, 0.25) is 10.0 Å². The lowest BCUT2D eigenvalue weighted by Gasteiger charge is -2.26. The van der Waals surface area contributed by atoms with Crippen molar-refractivity contribution in [1.82, 2.24) is 10.0 Å². The second-order valence-electron chi connectivity index (χ2n) is 8.09. The highest BCUT2D eigenvalue weighted by Crippen LogP contribution is 2.31. The monoisotopic (exact) mass is 428 g/mol. The van der Waals surface area contributed by atoms with Gasteiger partial charge in [-0.15, -0.1) is 0 Å². The number of fused-ring (bicyclic) bond motifs is 1. The standard InChI is InChI=1S/C23H28N2O4S/c1-29-21-14-13-17(15-22(21)30(27,28)25-18-9-3-4-10-18)23(26)24-20-12-6-8-16-7-2-5-11-19(16)20/h2,5,7,11,13-15,18,20,25H,3-4,6,8-10,12H2,1H3,(H,24,26)/t20-/m0/s1. The Morgan fingerprint density at radius 3 is 2.57 bits per heavy atom. The van der Waals surface area contributed by atoms with Crippen LogP contribution in [-0.2, 0) is 16.4 Å². The molecule has 2 aliphatic rings. The van der Waals surface area contributed by atoms with Gasteiger partial charge in [0.05, 0.1) is 13.2 Å². The smallest absolute Gasteiger partial charge is 0.251 e. The van der Waals surface area contributed by atoms with Gasteiger partial charge < -0.3 is 10.1 Å². The molecule has 1 saturated carbocycles. The highest BCUT2D eigenvalue weighted by atomic mass is 32.2. The van der Waals surface area contributed by atoms with Crippen molar-refractivity contribution in [3.8, 4) is 5.75 Å². The summed E-state index contributed by atoms with van der Waals surface area (Å²) in [6.45, 7) is 0. The van der Waals surface area contributed by atoms with Crippen LogP contribution in [0.4, 0.5) is 0 Å². The van der Waals surface area contributed by atoms with Gasteiger partial charge in [0.25, 0.3) is 5.91 Å². The SMILES string of the molecule is COc1ccc(C(=O)N[C@H]2CCCc3ccccc32)cc1S(=O)(=O)NC1CCCC1. The molecule has 0 saturated heterocycles. The summed E-state index contributed by atoms with van der Waals surface area (Å²) in [5.41, 5.74) is 2.71. The van der Waals surface area contributed by atoms with Crippen LogP contribution in [0.2, 0.25) is 0 Å². The van der Waals surface area contributed by atoms with Gasteiger partial charge in [0.1, 0.15) is 10.6 Å². The molecule has 0 aromatic heterocycles. The third kappa shape index (κ3) is 4.37. The predicted molar refractivity (Wildman–Crippen MR) is 115 cm³/mol. The molecule has 30 heavy (non-hydrogen) atoms. The van der Waals surface area contributed by atoms with Crippen molar-refractivity contribution in [1.29, 1.82) is 0 Å². The maximum absolute atomic E-state index is 13.0. The third-order valence-corrected chi connectivity index (χ3v) is 7.61. The second-order valence-corrected chi connectivity index (χ2v) is 9.77. The molecule has 1 amide bonds. The molecule has 6 nitrogen and oxygen atoms in total. The number of nitrogens with one attached hydrogen (secondary N) is 2. The average molecular weight is 429 g/mol. The molecule has 1 fully saturated rings. The molecule has 7 heteroatoms. The predicted octanol–water partition coefficient (Wildman–Crippen LogP) is 3.72. The Labute approximate surface area is 178 Å². The summed E-state index contributed by atoms with van der Waals surface area (Å²) >= 11 is 0. The van der Waals surface area contributed by atoms with E-state index >= 15 is 0 Å². The number of sulfonamides is 1. The third-order valence-electron chi connectivity index (χ3n) is 6.07. The minimum atomic E-state index is -3.78. The van der Waals surface area contributed by atoms with Crippen LogP contribution >= 0.6 is 0 Å². The fourth-order valence-corrected chi connectivity index (χ4v) is 6.00. The maximum atomic E-state index is 13.0. The lowest BCUT2D eigenvalue weighted by Crippen LogP contribution is -2.33. The van der Waals surface area contributed by atoms with Gasteiger partial charge in [-0.3, -0.25) is 4.79 Å². The number of aryl methyl sites for hydroxylation is 1. The molecule has 0 spiro atoms. The topological polar surface area (TPSA) is 84.5 Å². The zero-order chi connectivity index (χ0) is 21.1. The van der Waals surface area contributed by atoms with Crippen LogP contribution in [0.5, 0.6) is 5.75 Å².